The Bertz CT molecular complexity index is 392. The van der Waals surface area contributed by atoms with Crippen LogP contribution in [0.2, 0.25) is 0 Å². The van der Waals surface area contributed by atoms with Crippen LogP contribution >= 0.6 is 0 Å². The number of carbonyl (C=O) groups is 1. The first-order valence-corrected chi connectivity index (χ1v) is 6.05. The van der Waals surface area contributed by atoms with Crippen molar-refractivity contribution >= 4 is 11.5 Å². The number of nitrogens with one attached hydrogen (secondary N) is 1. The normalized spacial score (nSPS) is 16.4. The number of hydrogen-bond donors (Lipinski definition) is 1. The molecule has 0 aliphatic heterocycles. The van der Waals surface area contributed by atoms with E-state index in [1.54, 1.807) is 0 Å². The zero-order chi connectivity index (χ0) is 11.5. The zero-order valence-corrected chi connectivity index (χ0v) is 10.0. The van der Waals surface area contributed by atoms with Crippen molar-refractivity contribution in [3.05, 3.63) is 29.3 Å². The van der Waals surface area contributed by atoms with Crippen LogP contribution in [0.25, 0.3) is 0 Å². The van der Waals surface area contributed by atoms with Crippen LogP contribution in [0.3, 0.4) is 0 Å². The van der Waals surface area contributed by atoms with Crippen molar-refractivity contribution < 1.29 is 4.79 Å². The van der Waals surface area contributed by atoms with Crippen LogP contribution < -0.4 is 5.32 Å². The fraction of sp³-hybridized carbons (Fsp3) is 0.500. The molecule has 86 valence electrons. The predicted octanol–water partition coefficient (Wildman–Crippen LogP) is 3.41. The number of hydrogen-bond acceptors (Lipinski definition) is 2. The predicted molar refractivity (Wildman–Crippen MR) is 67.0 cm³/mol. The van der Waals surface area contributed by atoms with Crippen LogP contribution in [0.4, 0.5) is 5.69 Å². The largest absolute Gasteiger partial charge is 0.388 e. The lowest BCUT2D eigenvalue weighted by atomic mass is 9.94. The van der Waals surface area contributed by atoms with Gasteiger partial charge in [-0.2, -0.15) is 0 Å². The molecule has 0 heterocycles. The number of rotatable bonds is 3. The van der Waals surface area contributed by atoms with Crippen LogP contribution in [0.15, 0.2) is 18.2 Å². The lowest BCUT2D eigenvalue weighted by Gasteiger charge is -2.13. The average molecular weight is 217 g/mol. The molecule has 1 fully saturated rings. The molecule has 0 amide bonds. The molecule has 0 aromatic heterocycles. The minimum atomic E-state index is 0.258. The third-order valence-corrected chi connectivity index (χ3v) is 3.44. The first-order valence-electron chi connectivity index (χ1n) is 6.05. The average Bonchev–Trinajstić information content (AvgIpc) is 2.81. The van der Waals surface area contributed by atoms with Gasteiger partial charge in [0.1, 0.15) is 0 Å². The molecule has 1 aliphatic rings. The van der Waals surface area contributed by atoms with Crippen molar-refractivity contribution in [3.8, 4) is 0 Å². The van der Waals surface area contributed by atoms with Crippen molar-refractivity contribution in [3.63, 3.8) is 0 Å². The summed E-state index contributed by atoms with van der Waals surface area (Å²) in [5.41, 5.74) is 2.98. The minimum absolute atomic E-state index is 0.258. The second-order valence-corrected chi connectivity index (χ2v) is 4.64. The monoisotopic (exact) mass is 217 g/mol. The maximum Gasteiger partial charge on any atom is 0.168 e. The van der Waals surface area contributed by atoms with Crippen molar-refractivity contribution in [2.24, 2.45) is 5.92 Å². The Morgan fingerprint density at radius 1 is 1.31 bits per heavy atom. The highest BCUT2D eigenvalue weighted by atomic mass is 16.1. The molecule has 0 saturated heterocycles. The van der Waals surface area contributed by atoms with Gasteiger partial charge in [0.2, 0.25) is 0 Å². The van der Waals surface area contributed by atoms with E-state index in [-0.39, 0.29) is 5.92 Å². The van der Waals surface area contributed by atoms with Gasteiger partial charge in [-0.25, -0.2) is 0 Å². The number of carbonyl (C=O) groups excluding carboxylic acids is 1. The van der Waals surface area contributed by atoms with Crippen LogP contribution in [0.5, 0.6) is 0 Å². The Hall–Kier alpha value is -1.31. The summed E-state index contributed by atoms with van der Waals surface area (Å²) in [5, 5.41) is 3.11. The van der Waals surface area contributed by atoms with Crippen molar-refractivity contribution in [2.75, 3.05) is 12.4 Å². The molecule has 2 rings (SSSR count). The Labute approximate surface area is 97.1 Å². The van der Waals surface area contributed by atoms with Gasteiger partial charge in [0, 0.05) is 24.2 Å². The molecule has 16 heavy (non-hydrogen) atoms. The molecule has 0 atom stereocenters. The lowest BCUT2D eigenvalue weighted by molar-refractivity contribution is 0.0923. The fourth-order valence-corrected chi connectivity index (χ4v) is 2.49. The smallest absolute Gasteiger partial charge is 0.168 e. The van der Waals surface area contributed by atoms with Gasteiger partial charge in [-0.1, -0.05) is 24.5 Å². The molecule has 1 aromatic carbocycles. The summed E-state index contributed by atoms with van der Waals surface area (Å²) in [6, 6.07) is 6.04. The zero-order valence-electron chi connectivity index (χ0n) is 10.0. The molecule has 2 heteroatoms. The summed E-state index contributed by atoms with van der Waals surface area (Å²) in [7, 11) is 1.87. The summed E-state index contributed by atoms with van der Waals surface area (Å²) < 4.78 is 0. The summed E-state index contributed by atoms with van der Waals surface area (Å²) in [6.07, 6.45) is 4.54. The second kappa shape index (κ2) is 4.69. The number of ketones is 1. The molecule has 0 bridgehead atoms. The molecule has 0 spiro atoms. The second-order valence-electron chi connectivity index (χ2n) is 4.64. The Morgan fingerprint density at radius 3 is 2.62 bits per heavy atom. The van der Waals surface area contributed by atoms with Crippen molar-refractivity contribution in [1.82, 2.24) is 0 Å². The highest BCUT2D eigenvalue weighted by Crippen LogP contribution is 2.30. The van der Waals surface area contributed by atoms with Gasteiger partial charge < -0.3 is 5.32 Å². The summed E-state index contributed by atoms with van der Waals surface area (Å²) in [5.74, 6) is 0.583. The van der Waals surface area contributed by atoms with Crippen LogP contribution in [-0.2, 0) is 0 Å². The van der Waals surface area contributed by atoms with Crippen molar-refractivity contribution in [2.45, 2.75) is 32.6 Å². The molecule has 2 nitrogen and oxygen atoms in total. The Morgan fingerprint density at radius 2 is 2.00 bits per heavy atom. The number of aryl methyl sites for hydroxylation is 1. The van der Waals surface area contributed by atoms with Crippen LogP contribution in [0, 0.1) is 12.8 Å². The highest BCUT2D eigenvalue weighted by Gasteiger charge is 2.25. The van der Waals surface area contributed by atoms with Gasteiger partial charge in [0.15, 0.2) is 5.78 Å². The molecule has 0 unspecified atom stereocenters. The van der Waals surface area contributed by atoms with Gasteiger partial charge in [0.05, 0.1) is 0 Å². The third kappa shape index (κ3) is 2.11. The first kappa shape index (κ1) is 11.2. The van der Waals surface area contributed by atoms with E-state index in [0.717, 1.165) is 29.7 Å². The van der Waals surface area contributed by atoms with E-state index in [2.05, 4.69) is 5.32 Å². The molecule has 1 aliphatic carbocycles. The molecule has 1 saturated carbocycles. The van der Waals surface area contributed by atoms with Gasteiger partial charge in [-0.05, 0) is 31.9 Å². The quantitative estimate of drug-likeness (QED) is 0.786. The van der Waals surface area contributed by atoms with Gasteiger partial charge in [-0.15, -0.1) is 0 Å². The number of benzene rings is 1. The number of Topliss-reactive ketones (excluding diaryl/α,β-unsaturated/α-hetero) is 1. The Kier molecular flexibility index (Phi) is 3.28. The molecule has 1 N–H and O–H groups in total. The van der Waals surface area contributed by atoms with Gasteiger partial charge in [-0.3, -0.25) is 4.79 Å². The van der Waals surface area contributed by atoms with E-state index < -0.39 is 0 Å². The van der Waals surface area contributed by atoms with E-state index in [4.69, 9.17) is 0 Å². The van der Waals surface area contributed by atoms with Gasteiger partial charge in [0.25, 0.3) is 0 Å². The van der Waals surface area contributed by atoms with E-state index in [9.17, 15) is 4.79 Å². The SMILES string of the molecule is CNc1ccc(C)cc1C(=O)C1CCCC1. The van der Waals surface area contributed by atoms with E-state index in [1.807, 2.05) is 32.2 Å². The van der Waals surface area contributed by atoms with Crippen molar-refractivity contribution in [1.29, 1.82) is 0 Å². The molecule has 1 aromatic rings. The lowest BCUT2D eigenvalue weighted by Crippen LogP contribution is -2.13. The van der Waals surface area contributed by atoms with E-state index in [0.29, 0.717) is 5.78 Å². The maximum atomic E-state index is 12.3. The van der Waals surface area contributed by atoms with E-state index in [1.165, 1.54) is 12.8 Å². The number of anilines is 1. The van der Waals surface area contributed by atoms with Gasteiger partial charge >= 0.3 is 0 Å². The fourth-order valence-electron chi connectivity index (χ4n) is 2.49. The first-order chi connectivity index (χ1) is 7.72. The Balaban J connectivity index is 2.30. The minimum Gasteiger partial charge on any atom is -0.388 e. The molecular formula is C14H19NO. The molecular weight excluding hydrogens is 198 g/mol. The van der Waals surface area contributed by atoms with E-state index >= 15 is 0 Å². The summed E-state index contributed by atoms with van der Waals surface area (Å²) in [6.45, 7) is 2.03. The maximum absolute atomic E-state index is 12.3. The van der Waals surface area contributed by atoms with Crippen LogP contribution in [-0.4, -0.2) is 12.8 Å². The standard InChI is InChI=1S/C14H19NO/c1-10-7-8-13(15-2)12(9-10)14(16)11-5-3-4-6-11/h7-9,11,15H,3-6H2,1-2H3. The topological polar surface area (TPSA) is 29.1 Å². The summed E-state index contributed by atoms with van der Waals surface area (Å²) in [4.78, 5) is 12.3. The highest BCUT2D eigenvalue weighted by molar-refractivity contribution is 6.02. The molecule has 0 radical (unpaired) electrons. The van der Waals surface area contributed by atoms with Crippen LogP contribution in [0.1, 0.15) is 41.6 Å². The third-order valence-electron chi connectivity index (χ3n) is 3.44. The summed E-state index contributed by atoms with van der Waals surface area (Å²) >= 11 is 0.